The first-order valence-corrected chi connectivity index (χ1v) is 2.60. The molecule has 0 aliphatic carbocycles. The fourth-order valence-corrected chi connectivity index (χ4v) is 0.479. The smallest absolute Gasteiger partial charge is 0.430 e. The Labute approximate surface area is 66.6 Å². The van der Waals surface area contributed by atoms with Crippen molar-refractivity contribution in [3.05, 3.63) is 24.3 Å². The second-order valence-corrected chi connectivity index (χ2v) is 1.47. The minimum atomic E-state index is 0. The number of hydrogen-bond acceptors (Lipinski definition) is 2. The SMILES string of the molecule is CCc1[c-]cncn1.[V+2]. The van der Waals surface area contributed by atoms with Gasteiger partial charge in [0.2, 0.25) is 0 Å². The maximum Gasteiger partial charge on any atom is 2.00 e. The number of rotatable bonds is 1. The van der Waals surface area contributed by atoms with Gasteiger partial charge in [-0.3, -0.25) is 9.97 Å². The van der Waals surface area contributed by atoms with Crippen molar-refractivity contribution >= 4 is 0 Å². The Bertz CT molecular complexity index is 152. The average Bonchev–Trinajstić information content (AvgIpc) is 1.90. The molecular weight excluding hydrogens is 151 g/mol. The molecule has 0 unspecified atom stereocenters. The van der Waals surface area contributed by atoms with E-state index >= 15 is 0 Å². The van der Waals surface area contributed by atoms with Crippen molar-refractivity contribution in [3.63, 3.8) is 0 Å². The number of hydrogen-bond donors (Lipinski definition) is 0. The fraction of sp³-hybridized carbons (Fsp3) is 0.333. The first kappa shape index (κ1) is 8.66. The van der Waals surface area contributed by atoms with Crippen molar-refractivity contribution in [2.24, 2.45) is 0 Å². The van der Waals surface area contributed by atoms with E-state index < -0.39 is 0 Å². The van der Waals surface area contributed by atoms with Crippen molar-refractivity contribution in [2.75, 3.05) is 0 Å². The average molecular weight is 158 g/mol. The predicted octanol–water partition coefficient (Wildman–Crippen LogP) is 0.837. The summed E-state index contributed by atoms with van der Waals surface area (Å²) in [5.74, 6) is 0. The van der Waals surface area contributed by atoms with E-state index in [0.29, 0.717) is 0 Å². The predicted molar refractivity (Wildman–Crippen MR) is 30.2 cm³/mol. The summed E-state index contributed by atoms with van der Waals surface area (Å²) in [6.45, 7) is 2.04. The molecule has 45 valence electrons. The molecule has 0 bridgehead atoms. The van der Waals surface area contributed by atoms with Crippen LogP contribution in [0.5, 0.6) is 0 Å². The second kappa shape index (κ2) is 4.53. The molecule has 2 nitrogen and oxygen atoms in total. The van der Waals surface area contributed by atoms with Gasteiger partial charge in [-0.1, -0.05) is 6.92 Å². The van der Waals surface area contributed by atoms with Crippen LogP contribution in [0.2, 0.25) is 0 Å². The second-order valence-electron chi connectivity index (χ2n) is 1.47. The molecule has 0 atom stereocenters. The van der Waals surface area contributed by atoms with Crippen LogP contribution in [-0.4, -0.2) is 9.97 Å². The molecule has 0 saturated carbocycles. The van der Waals surface area contributed by atoms with E-state index in [1.165, 1.54) is 6.33 Å². The zero-order valence-corrected chi connectivity index (χ0v) is 6.60. The molecule has 0 aliphatic rings. The van der Waals surface area contributed by atoms with Crippen molar-refractivity contribution in [2.45, 2.75) is 13.3 Å². The van der Waals surface area contributed by atoms with Crippen LogP contribution in [0, 0.1) is 6.07 Å². The Morgan fingerprint density at radius 2 is 2.44 bits per heavy atom. The van der Waals surface area contributed by atoms with Crippen molar-refractivity contribution in [1.82, 2.24) is 9.97 Å². The maximum absolute atomic E-state index is 3.93. The molecule has 1 rings (SSSR count). The van der Waals surface area contributed by atoms with Crippen LogP contribution in [0.1, 0.15) is 12.6 Å². The summed E-state index contributed by atoms with van der Waals surface area (Å²) >= 11 is 0. The van der Waals surface area contributed by atoms with Crippen molar-refractivity contribution in [1.29, 1.82) is 0 Å². The van der Waals surface area contributed by atoms with Gasteiger partial charge >= 0.3 is 18.6 Å². The molecule has 9 heavy (non-hydrogen) atoms. The zero-order valence-electron chi connectivity index (χ0n) is 5.20. The third-order valence-corrected chi connectivity index (χ3v) is 0.921. The van der Waals surface area contributed by atoms with Crippen molar-refractivity contribution < 1.29 is 18.6 Å². The standard InChI is InChI=1S/C6H7N2.V/c1-2-6-3-4-7-5-8-6;/h4-5H,2H2,1H3;/q-1;+2. The van der Waals surface area contributed by atoms with Gasteiger partial charge in [-0.25, -0.2) is 0 Å². The number of nitrogens with zero attached hydrogens (tertiary/aromatic N) is 2. The van der Waals surface area contributed by atoms with Crippen LogP contribution in [0.25, 0.3) is 0 Å². The summed E-state index contributed by atoms with van der Waals surface area (Å²) in [4.78, 5) is 7.66. The molecule has 0 fully saturated rings. The summed E-state index contributed by atoms with van der Waals surface area (Å²) in [6, 6.07) is 2.90. The van der Waals surface area contributed by atoms with E-state index in [-0.39, 0.29) is 18.6 Å². The summed E-state index contributed by atoms with van der Waals surface area (Å²) in [7, 11) is 0. The van der Waals surface area contributed by atoms with Crippen LogP contribution >= 0.6 is 0 Å². The Balaban J connectivity index is 0.000000640. The molecule has 0 N–H and O–H groups in total. The number of aryl methyl sites for hydroxylation is 1. The van der Waals surface area contributed by atoms with Gasteiger partial charge < -0.3 is 6.07 Å². The first-order chi connectivity index (χ1) is 3.93. The van der Waals surface area contributed by atoms with E-state index in [1.807, 2.05) is 6.92 Å². The normalized spacial score (nSPS) is 8.11. The van der Waals surface area contributed by atoms with E-state index in [0.717, 1.165) is 12.1 Å². The largest absolute Gasteiger partial charge is 2.00 e. The zero-order chi connectivity index (χ0) is 5.82. The van der Waals surface area contributed by atoms with Gasteiger partial charge in [0.15, 0.2) is 0 Å². The van der Waals surface area contributed by atoms with Gasteiger partial charge in [-0.2, -0.15) is 0 Å². The molecular formula is C6H7N2V+. The first-order valence-electron chi connectivity index (χ1n) is 2.60. The molecule has 1 aromatic rings. The summed E-state index contributed by atoms with van der Waals surface area (Å²) in [6.07, 6.45) is 4.10. The third-order valence-electron chi connectivity index (χ3n) is 0.921. The topological polar surface area (TPSA) is 25.8 Å². The van der Waals surface area contributed by atoms with Crippen LogP contribution < -0.4 is 0 Å². The van der Waals surface area contributed by atoms with Crippen LogP contribution in [-0.2, 0) is 25.0 Å². The minimum Gasteiger partial charge on any atom is -0.430 e. The molecule has 0 spiro atoms. The Kier molecular flexibility index (Phi) is 4.37. The van der Waals surface area contributed by atoms with Gasteiger partial charge in [-0.15, -0.1) is 11.9 Å². The molecule has 1 heterocycles. The minimum absolute atomic E-state index is 0. The van der Waals surface area contributed by atoms with E-state index in [4.69, 9.17) is 0 Å². The Morgan fingerprint density at radius 1 is 1.67 bits per heavy atom. The van der Waals surface area contributed by atoms with Gasteiger partial charge in [0, 0.05) is 0 Å². The van der Waals surface area contributed by atoms with E-state index in [1.54, 1.807) is 6.20 Å². The van der Waals surface area contributed by atoms with Crippen molar-refractivity contribution in [3.8, 4) is 0 Å². The molecule has 1 aromatic heterocycles. The summed E-state index contributed by atoms with van der Waals surface area (Å²) in [5.41, 5.74) is 0.972. The summed E-state index contributed by atoms with van der Waals surface area (Å²) < 4.78 is 0. The van der Waals surface area contributed by atoms with Gasteiger partial charge in [-0.05, 0) is 6.42 Å². The Morgan fingerprint density at radius 3 is 2.78 bits per heavy atom. The summed E-state index contributed by atoms with van der Waals surface area (Å²) in [5, 5.41) is 0. The molecule has 0 amide bonds. The van der Waals surface area contributed by atoms with Crippen LogP contribution in [0.15, 0.2) is 12.5 Å². The third kappa shape index (κ3) is 2.63. The molecule has 0 aliphatic heterocycles. The molecule has 0 saturated heterocycles. The van der Waals surface area contributed by atoms with E-state index in [9.17, 15) is 0 Å². The fourth-order valence-electron chi connectivity index (χ4n) is 0.479. The van der Waals surface area contributed by atoms with Gasteiger partial charge in [0.25, 0.3) is 0 Å². The van der Waals surface area contributed by atoms with Gasteiger partial charge in [0.05, 0.1) is 0 Å². The van der Waals surface area contributed by atoms with Crippen LogP contribution in [0.3, 0.4) is 0 Å². The van der Waals surface area contributed by atoms with Crippen LogP contribution in [0.4, 0.5) is 0 Å². The molecule has 1 radical (unpaired) electrons. The van der Waals surface area contributed by atoms with E-state index in [2.05, 4.69) is 16.0 Å². The van der Waals surface area contributed by atoms with Gasteiger partial charge in [0.1, 0.15) is 6.33 Å². The quantitative estimate of drug-likeness (QED) is 0.566. The molecule has 0 aromatic carbocycles. The molecule has 3 heteroatoms. The number of aromatic nitrogens is 2. The Hall–Kier alpha value is -0.336. The maximum atomic E-state index is 3.93. The monoisotopic (exact) mass is 158 g/mol.